The normalized spacial score (nSPS) is 28.4. The van der Waals surface area contributed by atoms with Crippen LogP contribution in [0, 0.1) is 5.92 Å². The molecule has 0 aromatic rings. The van der Waals surface area contributed by atoms with Crippen molar-refractivity contribution >= 4 is 10.2 Å². The minimum atomic E-state index is -3.39. The van der Waals surface area contributed by atoms with Gasteiger partial charge in [-0.2, -0.15) is 17.4 Å². The van der Waals surface area contributed by atoms with Gasteiger partial charge in [-0.05, 0) is 38.5 Å². The van der Waals surface area contributed by atoms with Gasteiger partial charge in [-0.25, -0.2) is 0 Å². The van der Waals surface area contributed by atoms with Crippen LogP contribution in [-0.4, -0.2) is 37.9 Å². The molecule has 1 aliphatic heterocycles. The van der Waals surface area contributed by atoms with E-state index in [1.807, 2.05) is 6.92 Å². The molecular weight excluding hydrogens is 274 g/mol. The SMILES string of the molecule is CC1CCCCN1S(=O)(=O)NC(CN)C1CCCCC1. The number of rotatable bonds is 5. The monoisotopic (exact) mass is 303 g/mol. The molecule has 1 aliphatic carbocycles. The third-order valence-electron chi connectivity index (χ3n) is 4.82. The minimum absolute atomic E-state index is 0.102. The summed E-state index contributed by atoms with van der Waals surface area (Å²) in [7, 11) is -3.39. The van der Waals surface area contributed by atoms with Crippen LogP contribution in [-0.2, 0) is 10.2 Å². The second kappa shape index (κ2) is 7.20. The fraction of sp³-hybridized carbons (Fsp3) is 1.00. The fourth-order valence-corrected chi connectivity index (χ4v) is 5.32. The predicted molar refractivity (Wildman–Crippen MR) is 81.5 cm³/mol. The van der Waals surface area contributed by atoms with Crippen molar-refractivity contribution in [3.8, 4) is 0 Å². The summed E-state index contributed by atoms with van der Waals surface area (Å²) in [6, 6.07) is 0.000423. The van der Waals surface area contributed by atoms with E-state index in [2.05, 4.69) is 4.72 Å². The summed E-state index contributed by atoms with van der Waals surface area (Å²) in [4.78, 5) is 0. The molecule has 5 nitrogen and oxygen atoms in total. The molecule has 1 heterocycles. The lowest BCUT2D eigenvalue weighted by atomic mass is 9.84. The van der Waals surface area contributed by atoms with Crippen molar-refractivity contribution in [3.63, 3.8) is 0 Å². The molecule has 118 valence electrons. The molecule has 0 amide bonds. The Labute approximate surface area is 123 Å². The van der Waals surface area contributed by atoms with Crippen LogP contribution in [0.25, 0.3) is 0 Å². The van der Waals surface area contributed by atoms with Crippen molar-refractivity contribution in [2.75, 3.05) is 13.1 Å². The van der Waals surface area contributed by atoms with E-state index in [-0.39, 0.29) is 12.1 Å². The smallest absolute Gasteiger partial charge is 0.279 e. The van der Waals surface area contributed by atoms with Gasteiger partial charge in [0.25, 0.3) is 10.2 Å². The molecule has 1 saturated carbocycles. The van der Waals surface area contributed by atoms with Gasteiger partial charge in [0.05, 0.1) is 0 Å². The fourth-order valence-electron chi connectivity index (χ4n) is 3.56. The second-order valence-corrected chi connectivity index (χ2v) is 7.97. The number of piperidine rings is 1. The third kappa shape index (κ3) is 3.93. The number of hydrogen-bond donors (Lipinski definition) is 2. The first kappa shape index (κ1) is 16.2. The van der Waals surface area contributed by atoms with Gasteiger partial charge < -0.3 is 5.73 Å². The van der Waals surface area contributed by atoms with E-state index >= 15 is 0 Å². The average Bonchev–Trinajstić information content (AvgIpc) is 2.46. The minimum Gasteiger partial charge on any atom is -0.329 e. The molecule has 3 N–H and O–H groups in total. The zero-order valence-corrected chi connectivity index (χ0v) is 13.4. The van der Waals surface area contributed by atoms with Gasteiger partial charge in [0.1, 0.15) is 0 Å². The lowest BCUT2D eigenvalue weighted by Crippen LogP contribution is -2.54. The van der Waals surface area contributed by atoms with Crippen LogP contribution in [0.5, 0.6) is 0 Å². The van der Waals surface area contributed by atoms with Crippen LogP contribution in [0.15, 0.2) is 0 Å². The molecule has 1 saturated heterocycles. The quantitative estimate of drug-likeness (QED) is 0.810. The van der Waals surface area contributed by atoms with Crippen LogP contribution in [0.2, 0.25) is 0 Å². The van der Waals surface area contributed by atoms with Crippen molar-refractivity contribution < 1.29 is 8.42 Å². The zero-order chi connectivity index (χ0) is 14.6. The van der Waals surface area contributed by atoms with E-state index < -0.39 is 10.2 Å². The summed E-state index contributed by atoms with van der Waals surface area (Å²) >= 11 is 0. The lowest BCUT2D eigenvalue weighted by molar-refractivity contribution is 0.252. The third-order valence-corrected chi connectivity index (χ3v) is 6.58. The van der Waals surface area contributed by atoms with E-state index in [4.69, 9.17) is 5.73 Å². The van der Waals surface area contributed by atoms with Crippen LogP contribution >= 0.6 is 0 Å². The van der Waals surface area contributed by atoms with Gasteiger partial charge in [0, 0.05) is 25.2 Å². The summed E-state index contributed by atoms with van der Waals surface area (Å²) in [5, 5.41) is 0. The molecule has 2 atom stereocenters. The van der Waals surface area contributed by atoms with Crippen molar-refractivity contribution in [1.82, 2.24) is 9.03 Å². The van der Waals surface area contributed by atoms with Crippen LogP contribution in [0.3, 0.4) is 0 Å². The summed E-state index contributed by atoms with van der Waals surface area (Å²) < 4.78 is 29.6. The topological polar surface area (TPSA) is 75.4 Å². The van der Waals surface area contributed by atoms with E-state index in [0.29, 0.717) is 19.0 Å². The van der Waals surface area contributed by atoms with Gasteiger partial charge in [-0.1, -0.05) is 25.7 Å². The van der Waals surface area contributed by atoms with Crippen molar-refractivity contribution in [1.29, 1.82) is 0 Å². The molecule has 2 fully saturated rings. The molecule has 2 rings (SSSR count). The Morgan fingerprint density at radius 1 is 1.15 bits per heavy atom. The molecule has 0 bridgehead atoms. The number of nitrogens with two attached hydrogens (primary N) is 1. The standard InChI is InChI=1S/C14H29N3O2S/c1-12-7-5-6-10-17(12)20(18,19)16-14(11-15)13-8-3-2-4-9-13/h12-14,16H,2-11,15H2,1H3. The maximum absolute atomic E-state index is 12.6. The van der Waals surface area contributed by atoms with Gasteiger partial charge in [-0.15, -0.1) is 0 Å². The molecule has 2 unspecified atom stereocenters. The molecule has 0 aromatic heterocycles. The van der Waals surface area contributed by atoms with Gasteiger partial charge >= 0.3 is 0 Å². The zero-order valence-electron chi connectivity index (χ0n) is 12.6. The van der Waals surface area contributed by atoms with Gasteiger partial charge in [0.15, 0.2) is 0 Å². The Hall–Kier alpha value is -0.170. The Morgan fingerprint density at radius 2 is 1.80 bits per heavy atom. The van der Waals surface area contributed by atoms with Crippen molar-refractivity contribution in [2.24, 2.45) is 11.7 Å². The highest BCUT2D eigenvalue weighted by molar-refractivity contribution is 7.87. The average molecular weight is 303 g/mol. The van der Waals surface area contributed by atoms with E-state index in [1.165, 1.54) is 19.3 Å². The largest absolute Gasteiger partial charge is 0.329 e. The molecule has 0 radical (unpaired) electrons. The van der Waals surface area contributed by atoms with Gasteiger partial charge in [0.2, 0.25) is 0 Å². The Morgan fingerprint density at radius 3 is 2.40 bits per heavy atom. The van der Waals surface area contributed by atoms with E-state index in [9.17, 15) is 8.42 Å². The Balaban J connectivity index is 2.01. The summed E-state index contributed by atoms with van der Waals surface area (Å²) in [5.41, 5.74) is 5.83. The maximum atomic E-state index is 12.6. The molecule has 20 heavy (non-hydrogen) atoms. The highest BCUT2D eigenvalue weighted by Gasteiger charge is 2.33. The molecule has 0 aromatic carbocycles. The number of hydrogen-bond acceptors (Lipinski definition) is 3. The summed E-state index contributed by atoms with van der Waals surface area (Å²) in [5.74, 6) is 0.406. The van der Waals surface area contributed by atoms with E-state index in [0.717, 1.165) is 32.1 Å². The number of nitrogens with zero attached hydrogens (tertiary/aromatic N) is 1. The van der Waals surface area contributed by atoms with Crippen LogP contribution < -0.4 is 10.5 Å². The highest BCUT2D eigenvalue weighted by atomic mass is 32.2. The second-order valence-electron chi connectivity index (χ2n) is 6.32. The Kier molecular flexibility index (Phi) is 5.84. The summed E-state index contributed by atoms with van der Waals surface area (Å²) in [6.45, 7) is 3.03. The van der Waals surface area contributed by atoms with Crippen molar-refractivity contribution in [2.45, 2.75) is 70.4 Å². The van der Waals surface area contributed by atoms with Crippen LogP contribution in [0.4, 0.5) is 0 Å². The first-order valence-corrected chi connectivity index (χ1v) is 9.48. The first-order valence-electron chi connectivity index (χ1n) is 8.04. The molecule has 6 heteroatoms. The van der Waals surface area contributed by atoms with E-state index in [1.54, 1.807) is 4.31 Å². The summed E-state index contributed by atoms with van der Waals surface area (Å²) in [6.07, 6.45) is 8.89. The molecular formula is C14H29N3O2S. The maximum Gasteiger partial charge on any atom is 0.279 e. The first-order chi connectivity index (χ1) is 9.54. The Bertz CT molecular complexity index is 393. The molecule has 0 spiro atoms. The van der Waals surface area contributed by atoms with Gasteiger partial charge in [-0.3, -0.25) is 0 Å². The predicted octanol–water partition coefficient (Wildman–Crippen LogP) is 1.60. The van der Waals surface area contributed by atoms with Crippen LogP contribution in [0.1, 0.15) is 58.3 Å². The molecule has 2 aliphatic rings. The van der Waals surface area contributed by atoms with Crippen molar-refractivity contribution in [3.05, 3.63) is 0 Å². The lowest BCUT2D eigenvalue weighted by Gasteiger charge is -2.36. The highest BCUT2D eigenvalue weighted by Crippen LogP contribution is 2.27. The number of nitrogens with one attached hydrogen (secondary N) is 1.